The maximum atomic E-state index is 13.6. The zero-order valence-electron chi connectivity index (χ0n) is 21.3. The van der Waals surface area contributed by atoms with Crippen molar-refractivity contribution in [3.8, 4) is 0 Å². The highest BCUT2D eigenvalue weighted by Gasteiger charge is 2.54. The lowest BCUT2D eigenvalue weighted by Gasteiger charge is -2.55. The Morgan fingerprint density at radius 1 is 1.06 bits per heavy atom. The van der Waals surface area contributed by atoms with Crippen molar-refractivity contribution >= 4 is 17.6 Å². The Bertz CT molecular complexity index is 1160. The number of aromatic nitrogens is 4. The van der Waals surface area contributed by atoms with E-state index in [1.807, 2.05) is 43.3 Å². The Morgan fingerprint density at radius 2 is 1.71 bits per heavy atom. The molecule has 1 aliphatic heterocycles. The number of amides is 2. The molecule has 0 radical (unpaired) electrons. The summed E-state index contributed by atoms with van der Waals surface area (Å²) in [6, 6.07) is 1.86. The highest BCUT2D eigenvalue weighted by atomic mass is 16.2. The Labute approximate surface area is 206 Å². The predicted molar refractivity (Wildman–Crippen MR) is 132 cm³/mol. The van der Waals surface area contributed by atoms with Crippen LogP contribution in [0.2, 0.25) is 0 Å². The summed E-state index contributed by atoms with van der Waals surface area (Å²) in [6.07, 6.45) is 9.17. The second-order valence-electron chi connectivity index (χ2n) is 12.5. The molecule has 0 atom stereocenters. The summed E-state index contributed by atoms with van der Waals surface area (Å²) in [4.78, 5) is 37.9. The fourth-order valence-corrected chi connectivity index (χ4v) is 7.59. The number of aryl methyl sites for hydroxylation is 1. The summed E-state index contributed by atoms with van der Waals surface area (Å²) in [6.45, 7) is 9.03. The van der Waals surface area contributed by atoms with E-state index < -0.39 is 0 Å². The molecule has 1 N–H and O–H groups in total. The Morgan fingerprint density at radius 3 is 2.34 bits per heavy atom. The van der Waals surface area contributed by atoms with Crippen molar-refractivity contribution in [3.05, 3.63) is 35.0 Å². The molecule has 4 saturated carbocycles. The smallest absolute Gasteiger partial charge is 0.272 e. The van der Waals surface area contributed by atoms with Crippen LogP contribution in [0, 0.1) is 30.1 Å². The molecule has 35 heavy (non-hydrogen) atoms. The molecular formula is C27H36N6O2. The van der Waals surface area contributed by atoms with E-state index in [9.17, 15) is 9.59 Å². The van der Waals surface area contributed by atoms with E-state index in [1.54, 1.807) is 0 Å². The molecule has 5 aliphatic rings. The summed E-state index contributed by atoms with van der Waals surface area (Å²) in [5.41, 5.74) is 2.71. The van der Waals surface area contributed by atoms with Gasteiger partial charge in [-0.15, -0.1) is 0 Å². The van der Waals surface area contributed by atoms with Gasteiger partial charge in [0, 0.05) is 12.1 Å². The lowest BCUT2D eigenvalue weighted by atomic mass is 9.49. The van der Waals surface area contributed by atoms with Crippen LogP contribution in [-0.4, -0.2) is 43.0 Å². The number of hydrogen-bond acceptors (Lipinski definition) is 5. The summed E-state index contributed by atoms with van der Waals surface area (Å²) in [7, 11) is 0. The largest absolute Gasteiger partial charge is 0.331 e. The van der Waals surface area contributed by atoms with Crippen molar-refractivity contribution in [3.63, 3.8) is 0 Å². The van der Waals surface area contributed by atoms with E-state index in [2.05, 4.69) is 20.4 Å². The molecule has 2 amide bonds. The Hall–Kier alpha value is -2.77. The molecule has 4 fully saturated rings. The standard InChI is InChI=1S/C27H36N6O2/c1-16-7-22(33(31-16)26(2,3)4)24(34)32-6-5-20-21(14-32)28-15-29-23(20)30-25(35)27-11-17-8-18(12-27)10-19(9-17)13-27/h7,15,17-19H,5-6,8-14H2,1-4H3,(H,28,29,30,35). The first-order chi connectivity index (χ1) is 16.6. The quantitative estimate of drug-likeness (QED) is 0.720. The number of fused-ring (bicyclic) bond motifs is 1. The minimum atomic E-state index is -0.288. The van der Waals surface area contributed by atoms with E-state index in [0.29, 0.717) is 31.0 Å². The fourth-order valence-electron chi connectivity index (χ4n) is 7.59. The zero-order chi connectivity index (χ0) is 24.5. The average molecular weight is 477 g/mol. The predicted octanol–water partition coefficient (Wildman–Crippen LogP) is 4.09. The Balaban J connectivity index is 1.21. The van der Waals surface area contributed by atoms with Crippen molar-refractivity contribution in [2.45, 2.75) is 84.7 Å². The minimum absolute atomic E-state index is 0.0380. The van der Waals surface area contributed by atoms with Gasteiger partial charge in [-0.05, 0) is 96.5 Å². The number of carbonyl (C=O) groups excluding carboxylic acids is 2. The molecule has 2 aromatic heterocycles. The van der Waals surface area contributed by atoms with Gasteiger partial charge in [-0.2, -0.15) is 5.10 Å². The summed E-state index contributed by atoms with van der Waals surface area (Å²) in [5.74, 6) is 2.91. The molecule has 3 heterocycles. The van der Waals surface area contributed by atoms with Crippen molar-refractivity contribution in [2.24, 2.45) is 23.2 Å². The third kappa shape index (κ3) is 3.85. The maximum Gasteiger partial charge on any atom is 0.272 e. The third-order valence-corrected chi connectivity index (χ3v) is 8.73. The molecule has 0 unspecified atom stereocenters. The van der Waals surface area contributed by atoms with E-state index >= 15 is 0 Å². The monoisotopic (exact) mass is 476 g/mol. The summed E-state index contributed by atoms with van der Waals surface area (Å²) < 4.78 is 1.82. The molecule has 4 bridgehead atoms. The molecule has 186 valence electrons. The van der Waals surface area contributed by atoms with Gasteiger partial charge in [-0.3, -0.25) is 14.3 Å². The van der Waals surface area contributed by atoms with Crippen LogP contribution in [0.4, 0.5) is 5.82 Å². The van der Waals surface area contributed by atoms with Gasteiger partial charge < -0.3 is 10.2 Å². The van der Waals surface area contributed by atoms with Gasteiger partial charge in [-0.25, -0.2) is 9.97 Å². The molecule has 8 heteroatoms. The number of rotatable bonds is 3. The fraction of sp³-hybridized carbons (Fsp3) is 0.667. The minimum Gasteiger partial charge on any atom is -0.331 e. The number of carbonyl (C=O) groups is 2. The van der Waals surface area contributed by atoms with Gasteiger partial charge in [0.25, 0.3) is 5.91 Å². The second-order valence-corrected chi connectivity index (χ2v) is 12.5. The molecule has 0 spiro atoms. The van der Waals surface area contributed by atoms with Crippen LogP contribution in [0.25, 0.3) is 0 Å². The van der Waals surface area contributed by atoms with Gasteiger partial charge in [-0.1, -0.05) is 0 Å². The van der Waals surface area contributed by atoms with Crippen LogP contribution in [0.3, 0.4) is 0 Å². The molecular weight excluding hydrogens is 440 g/mol. The van der Waals surface area contributed by atoms with Crippen LogP contribution >= 0.6 is 0 Å². The first kappa shape index (κ1) is 22.7. The molecule has 4 aliphatic carbocycles. The number of hydrogen-bond donors (Lipinski definition) is 1. The van der Waals surface area contributed by atoms with Crippen molar-refractivity contribution in [1.29, 1.82) is 0 Å². The third-order valence-electron chi connectivity index (χ3n) is 8.73. The lowest BCUT2D eigenvalue weighted by molar-refractivity contribution is -0.140. The van der Waals surface area contributed by atoms with Crippen LogP contribution in [0.5, 0.6) is 0 Å². The van der Waals surface area contributed by atoms with E-state index in [1.165, 1.54) is 25.6 Å². The molecule has 0 saturated heterocycles. The van der Waals surface area contributed by atoms with Crippen LogP contribution in [0.15, 0.2) is 12.4 Å². The van der Waals surface area contributed by atoms with Crippen LogP contribution in [-0.2, 0) is 23.3 Å². The normalized spacial score (nSPS) is 29.3. The summed E-state index contributed by atoms with van der Waals surface area (Å²) in [5, 5.41) is 7.79. The van der Waals surface area contributed by atoms with Crippen molar-refractivity contribution in [1.82, 2.24) is 24.6 Å². The highest BCUT2D eigenvalue weighted by Crippen LogP contribution is 2.60. The number of nitrogens with zero attached hydrogens (tertiary/aromatic N) is 5. The van der Waals surface area contributed by atoms with Crippen molar-refractivity contribution < 1.29 is 9.59 Å². The van der Waals surface area contributed by atoms with Gasteiger partial charge >= 0.3 is 0 Å². The van der Waals surface area contributed by atoms with E-state index in [0.717, 1.165) is 54.0 Å². The first-order valence-corrected chi connectivity index (χ1v) is 13.1. The van der Waals surface area contributed by atoms with E-state index in [4.69, 9.17) is 0 Å². The van der Waals surface area contributed by atoms with Crippen molar-refractivity contribution in [2.75, 3.05) is 11.9 Å². The molecule has 7 rings (SSSR count). The molecule has 0 aromatic carbocycles. The molecule has 8 nitrogen and oxygen atoms in total. The highest BCUT2D eigenvalue weighted by molar-refractivity contribution is 5.96. The Kier molecular flexibility index (Phi) is 5.10. The number of anilines is 1. The topological polar surface area (TPSA) is 93.0 Å². The van der Waals surface area contributed by atoms with E-state index in [-0.39, 0.29) is 22.8 Å². The van der Waals surface area contributed by atoms with Crippen LogP contribution < -0.4 is 5.32 Å². The van der Waals surface area contributed by atoms with Gasteiger partial charge in [0.15, 0.2) is 0 Å². The lowest BCUT2D eigenvalue weighted by Crippen LogP contribution is -2.52. The average Bonchev–Trinajstić information content (AvgIpc) is 3.20. The molecule has 2 aromatic rings. The summed E-state index contributed by atoms with van der Waals surface area (Å²) >= 11 is 0. The SMILES string of the molecule is Cc1cc(C(=O)N2CCc3c(ncnc3NC(=O)C34CC5CC(CC(C5)C3)C4)C2)n(C(C)(C)C)n1. The number of nitrogens with one attached hydrogen (secondary N) is 1. The maximum absolute atomic E-state index is 13.6. The van der Waals surface area contributed by atoms with Gasteiger partial charge in [0.2, 0.25) is 5.91 Å². The van der Waals surface area contributed by atoms with Gasteiger partial charge in [0.05, 0.1) is 28.9 Å². The second kappa shape index (κ2) is 7.87. The van der Waals surface area contributed by atoms with Crippen LogP contribution in [0.1, 0.15) is 86.7 Å². The van der Waals surface area contributed by atoms with Gasteiger partial charge in [0.1, 0.15) is 17.8 Å². The zero-order valence-corrected chi connectivity index (χ0v) is 21.3. The first-order valence-electron chi connectivity index (χ1n) is 13.1.